The van der Waals surface area contributed by atoms with Crippen molar-refractivity contribution in [3.8, 4) is 0 Å². The van der Waals surface area contributed by atoms with Crippen LogP contribution >= 0.6 is 0 Å². The van der Waals surface area contributed by atoms with Gasteiger partial charge in [-0.2, -0.15) is 8.42 Å². The first-order valence-electron chi connectivity index (χ1n) is 9.02. The zero-order chi connectivity index (χ0) is 17.3. The molecule has 2 rings (SSSR count). The first kappa shape index (κ1) is 22.7. The molecule has 2 aromatic rings. The molecule has 2 aromatic carbocycles. The average molecular weight is 373 g/mol. The molecule has 0 amide bonds. The van der Waals surface area contributed by atoms with E-state index in [4.69, 9.17) is 4.18 Å². The van der Waals surface area contributed by atoms with Crippen molar-refractivity contribution >= 4 is 50.4 Å². The summed E-state index contributed by atoms with van der Waals surface area (Å²) in [6.45, 7) is 2.48. The van der Waals surface area contributed by atoms with Crippen molar-refractivity contribution in [3.63, 3.8) is 0 Å². The molecule has 0 aliphatic carbocycles. The van der Waals surface area contributed by atoms with Crippen LogP contribution in [-0.2, 0) is 14.3 Å². The Morgan fingerprint density at radius 3 is 2.12 bits per heavy atom. The van der Waals surface area contributed by atoms with Gasteiger partial charge in [0.25, 0.3) is 10.1 Å². The fraction of sp³-hybridized carbons (Fsp3) is 0.500. The standard InChI is InChI=1S/C20H28O3S.Na.H/c1-2-3-4-5-6-7-8-11-17-23-24(21,22)20-16-12-14-18-13-9-10-15-19(18)20;;/h9-10,12-16H,2-8,11,17H2,1H3;;. The van der Waals surface area contributed by atoms with Gasteiger partial charge >= 0.3 is 29.6 Å². The van der Waals surface area contributed by atoms with Crippen LogP contribution < -0.4 is 0 Å². The quantitative estimate of drug-likeness (QED) is 0.315. The summed E-state index contributed by atoms with van der Waals surface area (Å²) in [5.74, 6) is 0. The van der Waals surface area contributed by atoms with Crippen LogP contribution in [0.3, 0.4) is 0 Å². The molecule has 25 heavy (non-hydrogen) atoms. The molecule has 3 nitrogen and oxygen atoms in total. The molecule has 0 saturated heterocycles. The second-order valence-electron chi connectivity index (χ2n) is 6.23. The molecule has 0 spiro atoms. The summed E-state index contributed by atoms with van der Waals surface area (Å²) in [7, 11) is -3.69. The third-order valence-corrected chi connectivity index (χ3v) is 5.63. The molecular formula is C20H29NaO3S. The van der Waals surface area contributed by atoms with E-state index in [-0.39, 0.29) is 41.1 Å². The van der Waals surface area contributed by atoms with Crippen LogP contribution in [0.2, 0.25) is 0 Å². The molecule has 0 radical (unpaired) electrons. The minimum atomic E-state index is -3.69. The molecule has 5 heteroatoms. The molecule has 0 N–H and O–H groups in total. The van der Waals surface area contributed by atoms with Gasteiger partial charge in [0.2, 0.25) is 0 Å². The van der Waals surface area contributed by atoms with E-state index in [9.17, 15) is 8.42 Å². The molecule has 0 atom stereocenters. The van der Waals surface area contributed by atoms with Crippen LogP contribution in [0.4, 0.5) is 0 Å². The molecule has 0 heterocycles. The molecule has 0 saturated carbocycles. The summed E-state index contributed by atoms with van der Waals surface area (Å²) < 4.78 is 30.1. The molecule has 134 valence electrons. The Kier molecular flexibility index (Phi) is 10.9. The predicted octanol–water partition coefficient (Wildman–Crippen LogP) is 5.04. The van der Waals surface area contributed by atoms with Crippen molar-refractivity contribution in [1.82, 2.24) is 0 Å². The normalized spacial score (nSPS) is 11.4. The van der Waals surface area contributed by atoms with Crippen molar-refractivity contribution in [2.24, 2.45) is 0 Å². The maximum atomic E-state index is 12.4. The predicted molar refractivity (Wildman–Crippen MR) is 107 cm³/mol. The van der Waals surface area contributed by atoms with E-state index in [1.165, 1.54) is 32.1 Å². The summed E-state index contributed by atoms with van der Waals surface area (Å²) in [6, 6.07) is 12.8. The van der Waals surface area contributed by atoms with Gasteiger partial charge in [-0.25, -0.2) is 0 Å². The Hall–Kier alpha value is -0.390. The topological polar surface area (TPSA) is 43.4 Å². The third kappa shape index (κ3) is 7.40. The van der Waals surface area contributed by atoms with E-state index in [0.717, 1.165) is 30.0 Å². The number of hydrogen-bond donors (Lipinski definition) is 0. The van der Waals surface area contributed by atoms with E-state index < -0.39 is 10.1 Å². The number of hydrogen-bond acceptors (Lipinski definition) is 3. The fourth-order valence-corrected chi connectivity index (χ4v) is 4.05. The number of benzene rings is 2. The van der Waals surface area contributed by atoms with Crippen LogP contribution in [0.15, 0.2) is 47.4 Å². The van der Waals surface area contributed by atoms with Crippen LogP contribution in [0, 0.1) is 0 Å². The van der Waals surface area contributed by atoms with Gasteiger partial charge in [-0.05, 0) is 17.9 Å². The van der Waals surface area contributed by atoms with Crippen molar-refractivity contribution in [1.29, 1.82) is 0 Å². The van der Waals surface area contributed by atoms with Crippen molar-refractivity contribution in [2.75, 3.05) is 6.61 Å². The molecule has 0 bridgehead atoms. The Bertz CT molecular complexity index is 723. The van der Waals surface area contributed by atoms with Crippen LogP contribution in [0.1, 0.15) is 58.3 Å². The van der Waals surface area contributed by atoms with Gasteiger partial charge < -0.3 is 0 Å². The number of rotatable bonds is 11. The van der Waals surface area contributed by atoms with E-state index >= 15 is 0 Å². The summed E-state index contributed by atoms with van der Waals surface area (Å²) >= 11 is 0. The van der Waals surface area contributed by atoms with Gasteiger partial charge in [0.1, 0.15) is 4.90 Å². The molecule has 0 unspecified atom stereocenters. The first-order valence-corrected chi connectivity index (χ1v) is 10.4. The first-order chi connectivity index (χ1) is 11.6. The second-order valence-corrected chi connectivity index (χ2v) is 7.81. The van der Waals surface area contributed by atoms with Crippen LogP contribution in [0.5, 0.6) is 0 Å². The molecule has 0 fully saturated rings. The van der Waals surface area contributed by atoms with Gasteiger partial charge in [-0.1, -0.05) is 88.3 Å². The summed E-state index contributed by atoms with van der Waals surface area (Å²) in [6.07, 6.45) is 9.37. The van der Waals surface area contributed by atoms with Gasteiger partial charge in [0.15, 0.2) is 0 Å². The van der Waals surface area contributed by atoms with E-state index in [1.807, 2.05) is 30.3 Å². The Balaban J connectivity index is 0.00000312. The van der Waals surface area contributed by atoms with Gasteiger partial charge in [0.05, 0.1) is 6.61 Å². The fourth-order valence-electron chi connectivity index (χ4n) is 2.88. The van der Waals surface area contributed by atoms with Gasteiger partial charge in [-0.3, -0.25) is 4.18 Å². The SMILES string of the molecule is CCCCCCCCCCOS(=O)(=O)c1cccc2ccccc12.[NaH]. The van der Waals surface area contributed by atoms with Crippen LogP contribution in [-0.4, -0.2) is 44.6 Å². The summed E-state index contributed by atoms with van der Waals surface area (Å²) in [4.78, 5) is 0.264. The van der Waals surface area contributed by atoms with Gasteiger partial charge in [0, 0.05) is 5.39 Å². The molecule has 0 aliphatic heterocycles. The molecule has 0 aliphatic rings. The van der Waals surface area contributed by atoms with Crippen LogP contribution in [0.25, 0.3) is 10.8 Å². The average Bonchev–Trinajstić information content (AvgIpc) is 2.59. The maximum absolute atomic E-state index is 12.4. The zero-order valence-corrected chi connectivity index (χ0v) is 15.4. The Morgan fingerprint density at radius 2 is 1.40 bits per heavy atom. The third-order valence-electron chi connectivity index (χ3n) is 4.26. The number of fused-ring (bicyclic) bond motifs is 1. The zero-order valence-electron chi connectivity index (χ0n) is 14.5. The summed E-state index contributed by atoms with van der Waals surface area (Å²) in [5.41, 5.74) is 0. The Morgan fingerprint density at radius 1 is 0.800 bits per heavy atom. The van der Waals surface area contributed by atoms with E-state index in [2.05, 4.69) is 6.92 Å². The van der Waals surface area contributed by atoms with Gasteiger partial charge in [-0.15, -0.1) is 0 Å². The monoisotopic (exact) mass is 372 g/mol. The second kappa shape index (κ2) is 12.1. The Labute approximate surface area is 174 Å². The minimum absolute atomic E-state index is 0. The molecular weight excluding hydrogens is 343 g/mol. The molecule has 0 aromatic heterocycles. The van der Waals surface area contributed by atoms with E-state index in [0.29, 0.717) is 0 Å². The van der Waals surface area contributed by atoms with Crippen molar-refractivity contribution in [2.45, 2.75) is 63.2 Å². The summed E-state index contributed by atoms with van der Waals surface area (Å²) in [5, 5.41) is 1.63. The van der Waals surface area contributed by atoms with E-state index in [1.54, 1.807) is 12.1 Å². The number of unbranched alkanes of at least 4 members (excludes halogenated alkanes) is 7. The van der Waals surface area contributed by atoms with Crippen molar-refractivity contribution < 1.29 is 12.6 Å². The van der Waals surface area contributed by atoms with Crippen molar-refractivity contribution in [3.05, 3.63) is 42.5 Å².